The maximum Gasteiger partial charge on any atom is 0.253 e. The lowest BCUT2D eigenvalue weighted by atomic mass is 9.96. The van der Waals surface area contributed by atoms with E-state index in [-0.39, 0.29) is 5.91 Å². The van der Waals surface area contributed by atoms with Crippen LogP contribution in [0.5, 0.6) is 5.75 Å². The lowest BCUT2D eigenvalue weighted by molar-refractivity contribution is -0.122. The van der Waals surface area contributed by atoms with Gasteiger partial charge in [-0.05, 0) is 18.2 Å². The van der Waals surface area contributed by atoms with Gasteiger partial charge < -0.3 is 29.1 Å². The third kappa shape index (κ3) is 3.10. The van der Waals surface area contributed by atoms with Crippen molar-refractivity contribution in [3.8, 4) is 5.75 Å². The molecule has 2 aliphatic rings. The number of methoxy groups -OCH3 is 1. The molecule has 7 nitrogen and oxygen atoms in total. The minimum atomic E-state index is -0.948. The molecule has 1 unspecified atom stereocenters. The number of aliphatic hydroxyl groups excluding tert-OH is 1. The zero-order chi connectivity index (χ0) is 17.3. The highest BCUT2D eigenvalue weighted by molar-refractivity contribution is 6.21. The van der Waals surface area contributed by atoms with Crippen molar-refractivity contribution in [2.75, 3.05) is 45.9 Å². The zero-order valence-corrected chi connectivity index (χ0v) is 14.1. The fraction of sp³-hybridized carbons (Fsp3) is 0.471. The van der Waals surface area contributed by atoms with Gasteiger partial charge in [-0.3, -0.25) is 4.79 Å². The van der Waals surface area contributed by atoms with Crippen molar-refractivity contribution >= 4 is 17.2 Å². The molecule has 0 saturated carbocycles. The molecule has 3 rings (SSSR count). The fourth-order valence-electron chi connectivity index (χ4n) is 2.88. The number of likely N-dealkylation sites (N-methyl/N-ethyl adjacent to an activating group) is 1. The van der Waals surface area contributed by atoms with Gasteiger partial charge in [0.25, 0.3) is 5.91 Å². The molecule has 0 spiro atoms. The second-order valence-electron chi connectivity index (χ2n) is 5.90. The molecule has 24 heavy (non-hydrogen) atoms. The number of carbonyl (C=O) groups excluding carboxylic acids is 1. The van der Waals surface area contributed by atoms with Crippen molar-refractivity contribution in [2.24, 2.45) is 0 Å². The van der Waals surface area contributed by atoms with Gasteiger partial charge in [0.1, 0.15) is 12.0 Å². The van der Waals surface area contributed by atoms with Gasteiger partial charge in [-0.2, -0.15) is 0 Å². The molecule has 1 atom stereocenters. The van der Waals surface area contributed by atoms with Gasteiger partial charge in [0, 0.05) is 31.3 Å². The molecule has 1 aromatic carbocycles. The molecule has 0 aliphatic carbocycles. The molecule has 1 amide bonds. The van der Waals surface area contributed by atoms with E-state index < -0.39 is 12.5 Å². The Morgan fingerprint density at radius 1 is 1.38 bits per heavy atom. The Morgan fingerprint density at radius 3 is 2.71 bits per heavy atom. The Hall–Kier alpha value is -2.09. The van der Waals surface area contributed by atoms with Crippen molar-refractivity contribution in [1.29, 1.82) is 0 Å². The van der Waals surface area contributed by atoms with Crippen molar-refractivity contribution in [1.82, 2.24) is 4.90 Å². The number of nitrogens with zero attached hydrogens (tertiary/aromatic N) is 2. The largest absolute Gasteiger partial charge is 0.497 e. The minimum absolute atomic E-state index is 0.159. The monoisotopic (exact) mass is 334 g/mol. The van der Waals surface area contributed by atoms with Gasteiger partial charge in [0.15, 0.2) is 6.29 Å². The normalized spacial score (nSPS) is 20.6. The maximum absolute atomic E-state index is 12.5. The van der Waals surface area contributed by atoms with E-state index in [9.17, 15) is 9.90 Å². The summed E-state index contributed by atoms with van der Waals surface area (Å²) in [5.41, 5.74) is 1.93. The molecule has 1 fully saturated rings. The quantitative estimate of drug-likeness (QED) is 0.873. The van der Waals surface area contributed by atoms with Crippen LogP contribution < -0.4 is 9.64 Å². The number of fused-ring (bicyclic) bond motifs is 1. The number of ether oxygens (including phenoxy) is 3. The summed E-state index contributed by atoms with van der Waals surface area (Å²) < 4.78 is 16.3. The lowest BCUT2D eigenvalue weighted by Crippen LogP contribution is -2.43. The number of anilines is 1. The highest BCUT2D eigenvalue weighted by Gasteiger charge is 2.32. The Bertz CT molecular complexity index is 652. The van der Waals surface area contributed by atoms with E-state index in [2.05, 4.69) is 0 Å². The van der Waals surface area contributed by atoms with E-state index in [1.165, 1.54) is 4.90 Å². The summed E-state index contributed by atoms with van der Waals surface area (Å²) in [6, 6.07) is 5.44. The average molecular weight is 334 g/mol. The third-order valence-corrected chi connectivity index (χ3v) is 4.11. The van der Waals surface area contributed by atoms with E-state index in [4.69, 9.17) is 14.2 Å². The third-order valence-electron chi connectivity index (χ3n) is 4.11. The van der Waals surface area contributed by atoms with Crippen LogP contribution in [-0.4, -0.2) is 69.4 Å². The smallest absolute Gasteiger partial charge is 0.253 e. The molecule has 0 radical (unpaired) electrons. The first-order valence-corrected chi connectivity index (χ1v) is 7.81. The van der Waals surface area contributed by atoms with Gasteiger partial charge in [-0.15, -0.1) is 0 Å². The molecule has 0 bridgehead atoms. The number of benzene rings is 1. The van der Waals surface area contributed by atoms with Crippen molar-refractivity contribution in [2.45, 2.75) is 12.5 Å². The number of aliphatic hydroxyl groups is 1. The SMILES string of the molecule is COc1ccc2c(c1)N(CC1OCCO1)C(O)C=C2C(=O)N(C)C. The standard InChI is InChI=1S/C17H22N2O5/c1-18(2)17(21)13-9-15(20)19(10-16-23-6-7-24-16)14-8-11(22-3)4-5-12(13)14/h4-5,8-9,15-16,20H,6-7,10H2,1-3H3. The molecule has 1 saturated heterocycles. The molecule has 2 heterocycles. The summed E-state index contributed by atoms with van der Waals surface area (Å²) in [6.45, 7) is 1.45. The molecule has 1 aromatic rings. The summed E-state index contributed by atoms with van der Waals surface area (Å²) in [4.78, 5) is 15.7. The van der Waals surface area contributed by atoms with Crippen LogP contribution in [0.4, 0.5) is 5.69 Å². The van der Waals surface area contributed by atoms with Crippen LogP contribution in [0.3, 0.4) is 0 Å². The minimum Gasteiger partial charge on any atom is -0.497 e. The van der Waals surface area contributed by atoms with Crippen molar-refractivity contribution in [3.05, 3.63) is 29.8 Å². The van der Waals surface area contributed by atoms with Crippen LogP contribution in [0.2, 0.25) is 0 Å². The summed E-state index contributed by atoms with van der Waals surface area (Å²) >= 11 is 0. The van der Waals surface area contributed by atoms with Gasteiger partial charge in [0.2, 0.25) is 0 Å². The average Bonchev–Trinajstić information content (AvgIpc) is 3.09. The van der Waals surface area contributed by atoms with Gasteiger partial charge in [0.05, 0.1) is 32.6 Å². The predicted octanol–water partition coefficient (Wildman–Crippen LogP) is 0.678. The van der Waals surface area contributed by atoms with Crippen LogP contribution in [-0.2, 0) is 14.3 Å². The molecular weight excluding hydrogens is 312 g/mol. The van der Waals surface area contributed by atoms with Crippen molar-refractivity contribution in [3.63, 3.8) is 0 Å². The first-order chi connectivity index (χ1) is 11.5. The van der Waals surface area contributed by atoms with E-state index in [1.54, 1.807) is 38.2 Å². The Kier molecular flexibility index (Phi) is 4.75. The zero-order valence-electron chi connectivity index (χ0n) is 14.1. The summed E-state index contributed by atoms with van der Waals surface area (Å²) in [5.74, 6) is 0.492. The molecule has 130 valence electrons. The topological polar surface area (TPSA) is 71.5 Å². The van der Waals surface area contributed by atoms with Crippen molar-refractivity contribution < 1.29 is 24.1 Å². The van der Waals surface area contributed by atoms with Crippen LogP contribution in [0.25, 0.3) is 5.57 Å². The van der Waals surface area contributed by atoms with Crippen LogP contribution >= 0.6 is 0 Å². The van der Waals surface area contributed by atoms with E-state index in [0.29, 0.717) is 36.8 Å². The Balaban J connectivity index is 2.00. The highest BCUT2D eigenvalue weighted by Crippen LogP contribution is 2.37. The van der Waals surface area contributed by atoms with Crippen LogP contribution in [0.1, 0.15) is 5.56 Å². The predicted molar refractivity (Wildman–Crippen MR) is 88.7 cm³/mol. The number of hydrogen-bond acceptors (Lipinski definition) is 6. The number of rotatable bonds is 4. The van der Waals surface area contributed by atoms with E-state index in [1.807, 2.05) is 12.1 Å². The van der Waals surface area contributed by atoms with Gasteiger partial charge in [-0.1, -0.05) is 0 Å². The maximum atomic E-state index is 12.5. The van der Waals surface area contributed by atoms with E-state index in [0.717, 1.165) is 5.56 Å². The first-order valence-electron chi connectivity index (χ1n) is 7.81. The lowest BCUT2D eigenvalue weighted by Gasteiger charge is -2.36. The van der Waals surface area contributed by atoms with E-state index >= 15 is 0 Å². The highest BCUT2D eigenvalue weighted by atomic mass is 16.7. The molecule has 2 aliphatic heterocycles. The second kappa shape index (κ2) is 6.80. The molecular formula is C17H22N2O5. The van der Waals surface area contributed by atoms with Crippen LogP contribution in [0.15, 0.2) is 24.3 Å². The first kappa shape index (κ1) is 16.8. The van der Waals surface area contributed by atoms with Gasteiger partial charge in [-0.25, -0.2) is 0 Å². The summed E-state index contributed by atoms with van der Waals surface area (Å²) in [6.07, 6.45) is 0.209. The Labute approximate surface area is 141 Å². The molecule has 1 N–H and O–H groups in total. The molecule has 7 heteroatoms. The number of carbonyl (C=O) groups is 1. The Morgan fingerprint density at radius 2 is 2.08 bits per heavy atom. The van der Waals surface area contributed by atoms with Gasteiger partial charge >= 0.3 is 0 Å². The summed E-state index contributed by atoms with van der Waals surface area (Å²) in [7, 11) is 4.95. The molecule has 0 aromatic heterocycles. The van der Waals surface area contributed by atoms with Crippen LogP contribution in [0, 0.1) is 0 Å². The number of amides is 1. The number of hydrogen-bond donors (Lipinski definition) is 1. The summed E-state index contributed by atoms with van der Waals surface area (Å²) in [5, 5.41) is 10.6. The second-order valence-corrected chi connectivity index (χ2v) is 5.90. The fourth-order valence-corrected chi connectivity index (χ4v) is 2.88.